The largest absolute Gasteiger partial charge is 0.478 e. The number of aromatic carboxylic acids is 2. The zero-order valence-corrected chi connectivity index (χ0v) is 41.4. The van der Waals surface area contributed by atoms with Crippen molar-refractivity contribution in [2.24, 2.45) is 0 Å². The summed E-state index contributed by atoms with van der Waals surface area (Å²) in [6.45, 7) is 3.35. The standard InChI is InChI=1S/C28H23Cl2N3O4S.C24H15Cl2NO4S/c29-23-8-6-19(14-24(23)30)25-15-38-27(32-25)20-5-7-21(22(13-20)28(35)36)17-1-3-18(4-2-17)26(34)31-16-33-9-11-37-12-10-33;1-31-24(30)18-10-16(6-8-17(18)13-2-4-14(5-3-13)23(28)29)22-27-21(12-32-22)15-7-9-19(25)20(26)11-15/h1-8,13-15H,9-12,16H2,(H,31,34)(H,35,36);2-12H,1H3,(H,28,29). The highest BCUT2D eigenvalue weighted by atomic mass is 35.5. The molecular weight excluding hydrogens is 1010 g/mol. The average molecular weight is 1050 g/mol. The number of carboxylic acids is 2. The molecule has 70 heavy (non-hydrogen) atoms. The Balaban J connectivity index is 0.000000191. The van der Waals surface area contributed by atoms with Gasteiger partial charge in [0.2, 0.25) is 0 Å². The fourth-order valence-corrected chi connectivity index (χ4v) is 9.59. The molecule has 354 valence electrons. The third-order valence-corrected chi connectivity index (χ3v) is 14.3. The van der Waals surface area contributed by atoms with E-state index in [1.807, 2.05) is 35.0 Å². The summed E-state index contributed by atoms with van der Waals surface area (Å²) in [6.07, 6.45) is 0. The van der Waals surface area contributed by atoms with Crippen molar-refractivity contribution in [1.29, 1.82) is 0 Å². The van der Waals surface area contributed by atoms with Gasteiger partial charge in [-0.25, -0.2) is 24.4 Å². The Bertz CT molecular complexity index is 3250. The van der Waals surface area contributed by atoms with E-state index < -0.39 is 17.9 Å². The highest BCUT2D eigenvalue weighted by Crippen LogP contribution is 2.37. The van der Waals surface area contributed by atoms with Crippen LogP contribution in [0.3, 0.4) is 0 Å². The first-order valence-corrected chi connectivity index (χ1v) is 24.5. The van der Waals surface area contributed by atoms with Gasteiger partial charge >= 0.3 is 17.9 Å². The highest BCUT2D eigenvalue weighted by molar-refractivity contribution is 7.13. The molecule has 0 spiro atoms. The number of aromatic nitrogens is 2. The first-order valence-electron chi connectivity index (χ1n) is 21.2. The van der Waals surface area contributed by atoms with Crippen LogP contribution < -0.4 is 5.32 Å². The van der Waals surface area contributed by atoms with Crippen molar-refractivity contribution in [3.05, 3.63) is 174 Å². The van der Waals surface area contributed by atoms with Crippen molar-refractivity contribution in [2.75, 3.05) is 40.1 Å². The van der Waals surface area contributed by atoms with Gasteiger partial charge in [-0.05, 0) is 82.9 Å². The summed E-state index contributed by atoms with van der Waals surface area (Å²) in [6, 6.07) is 34.5. The monoisotopic (exact) mass is 1050 g/mol. The van der Waals surface area contributed by atoms with Crippen molar-refractivity contribution in [1.82, 2.24) is 20.2 Å². The number of amides is 1. The summed E-state index contributed by atoms with van der Waals surface area (Å²) < 4.78 is 10.3. The maximum Gasteiger partial charge on any atom is 0.338 e. The van der Waals surface area contributed by atoms with Crippen LogP contribution in [0.2, 0.25) is 20.1 Å². The number of benzene rings is 6. The first kappa shape index (κ1) is 49.9. The fourth-order valence-electron chi connectivity index (χ4n) is 7.34. The van der Waals surface area contributed by atoms with Crippen LogP contribution in [0.4, 0.5) is 0 Å². The molecule has 0 atom stereocenters. The molecule has 0 bridgehead atoms. The number of morpholine rings is 1. The Morgan fingerprint density at radius 1 is 0.586 bits per heavy atom. The molecule has 1 amide bonds. The van der Waals surface area contributed by atoms with Gasteiger partial charge in [-0.3, -0.25) is 9.69 Å². The Morgan fingerprint density at radius 3 is 1.51 bits per heavy atom. The molecule has 1 aliphatic heterocycles. The van der Waals surface area contributed by atoms with E-state index in [-0.39, 0.29) is 17.0 Å². The maximum absolute atomic E-state index is 12.6. The number of thiazole rings is 2. The molecule has 1 aliphatic rings. The van der Waals surface area contributed by atoms with Crippen LogP contribution >= 0.6 is 69.1 Å². The number of rotatable bonds is 12. The molecule has 0 saturated carbocycles. The van der Waals surface area contributed by atoms with E-state index in [9.17, 15) is 24.3 Å². The van der Waals surface area contributed by atoms with E-state index in [0.29, 0.717) is 83.9 Å². The van der Waals surface area contributed by atoms with Crippen molar-refractivity contribution in [3.63, 3.8) is 0 Å². The average Bonchev–Trinajstić information content (AvgIpc) is 4.09. The van der Waals surface area contributed by atoms with Crippen LogP contribution in [-0.2, 0) is 9.47 Å². The summed E-state index contributed by atoms with van der Waals surface area (Å²) in [5.74, 6) is -2.74. The van der Waals surface area contributed by atoms with Crippen molar-refractivity contribution >= 4 is 92.9 Å². The highest BCUT2D eigenvalue weighted by Gasteiger charge is 2.20. The molecule has 3 heterocycles. The number of methoxy groups -OCH3 is 1. The molecule has 1 fully saturated rings. The quantitative estimate of drug-likeness (QED) is 0.0996. The minimum absolute atomic E-state index is 0.151. The van der Waals surface area contributed by atoms with Crippen LogP contribution in [0.5, 0.6) is 0 Å². The number of esters is 1. The molecule has 0 radical (unpaired) electrons. The SMILES string of the molecule is COC(=O)c1cc(-c2nc(-c3ccc(Cl)c(Cl)c3)cs2)ccc1-c1ccc(C(=O)O)cc1.O=C(NCN1CCOCC1)c1ccc(-c2ccc(-c3nc(-c4ccc(Cl)c(Cl)c4)cs3)cc2C(=O)O)cc1. The van der Waals surface area contributed by atoms with Gasteiger partial charge in [0.05, 0.1) is 75.2 Å². The molecule has 6 aromatic carbocycles. The molecule has 2 aromatic heterocycles. The van der Waals surface area contributed by atoms with E-state index in [2.05, 4.69) is 20.2 Å². The van der Waals surface area contributed by atoms with Gasteiger partial charge in [-0.15, -0.1) is 22.7 Å². The molecule has 9 rings (SSSR count). The number of carboxylic acid groups (broad SMARTS) is 2. The predicted octanol–water partition coefficient (Wildman–Crippen LogP) is 13.1. The second kappa shape index (κ2) is 22.5. The molecular formula is C52H38Cl4N4O8S2. The zero-order chi connectivity index (χ0) is 49.5. The van der Waals surface area contributed by atoms with Crippen LogP contribution in [0.15, 0.2) is 132 Å². The Hall–Kier alpha value is -6.46. The molecule has 12 nitrogen and oxygen atoms in total. The molecule has 0 aliphatic carbocycles. The van der Waals surface area contributed by atoms with Crippen LogP contribution in [0, 0.1) is 0 Å². The second-order valence-corrected chi connectivity index (χ2v) is 18.9. The lowest BCUT2D eigenvalue weighted by Gasteiger charge is -2.26. The van der Waals surface area contributed by atoms with Crippen LogP contribution in [-0.4, -0.2) is 89.0 Å². The van der Waals surface area contributed by atoms with Crippen molar-refractivity contribution in [2.45, 2.75) is 0 Å². The van der Waals surface area contributed by atoms with Gasteiger partial charge in [0.1, 0.15) is 10.0 Å². The number of hydrogen-bond acceptors (Lipinski definition) is 11. The van der Waals surface area contributed by atoms with E-state index in [4.69, 9.17) is 61.0 Å². The summed E-state index contributed by atoms with van der Waals surface area (Å²) in [4.78, 5) is 59.8. The summed E-state index contributed by atoms with van der Waals surface area (Å²) in [5.41, 5.74) is 8.39. The normalized spacial score (nSPS) is 12.4. The first-order chi connectivity index (χ1) is 33.8. The number of carbonyl (C=O) groups is 4. The number of carbonyl (C=O) groups excluding carboxylic acids is 2. The third kappa shape index (κ3) is 11.8. The molecule has 1 saturated heterocycles. The van der Waals surface area contributed by atoms with Crippen molar-refractivity contribution < 1.29 is 38.9 Å². The number of hydrogen-bond donors (Lipinski definition) is 3. The van der Waals surface area contributed by atoms with Crippen molar-refractivity contribution in [3.8, 4) is 65.9 Å². The second-order valence-electron chi connectivity index (χ2n) is 15.5. The number of ether oxygens (including phenoxy) is 2. The molecule has 0 unspecified atom stereocenters. The predicted molar refractivity (Wildman–Crippen MR) is 277 cm³/mol. The van der Waals surface area contributed by atoms with Gasteiger partial charge in [0.15, 0.2) is 0 Å². The Kier molecular flexibility index (Phi) is 16.1. The summed E-state index contributed by atoms with van der Waals surface area (Å²) in [7, 11) is 1.32. The topological polar surface area (TPSA) is 168 Å². The Morgan fingerprint density at radius 2 is 1.04 bits per heavy atom. The Labute approximate surface area is 429 Å². The van der Waals surface area contributed by atoms with Crippen LogP contribution in [0.1, 0.15) is 41.4 Å². The lowest BCUT2D eigenvalue weighted by Crippen LogP contribution is -2.43. The number of halogens is 4. The van der Waals surface area contributed by atoms with E-state index >= 15 is 0 Å². The van der Waals surface area contributed by atoms with Crippen LogP contribution in [0.25, 0.3) is 65.9 Å². The molecule has 3 N–H and O–H groups in total. The van der Waals surface area contributed by atoms with E-state index in [1.54, 1.807) is 84.9 Å². The third-order valence-electron chi connectivity index (χ3n) is 11.1. The molecule has 8 aromatic rings. The smallest absolute Gasteiger partial charge is 0.338 e. The van der Waals surface area contributed by atoms with Gasteiger partial charge in [0.25, 0.3) is 5.91 Å². The van der Waals surface area contributed by atoms with E-state index in [0.717, 1.165) is 46.2 Å². The van der Waals surface area contributed by atoms with Gasteiger partial charge in [0, 0.05) is 51.7 Å². The number of nitrogens with one attached hydrogen (secondary N) is 1. The van der Waals surface area contributed by atoms with Gasteiger partial charge in [-0.2, -0.15) is 0 Å². The molecule has 18 heteroatoms. The number of nitrogens with zero attached hydrogens (tertiary/aromatic N) is 3. The van der Waals surface area contributed by atoms with Gasteiger partial charge < -0.3 is 25.0 Å². The fraction of sp³-hybridized carbons (Fsp3) is 0.115. The summed E-state index contributed by atoms with van der Waals surface area (Å²) in [5, 5.41) is 29.0. The van der Waals surface area contributed by atoms with E-state index in [1.165, 1.54) is 41.9 Å². The van der Waals surface area contributed by atoms with Gasteiger partial charge in [-0.1, -0.05) is 107 Å². The minimum atomic E-state index is -1.05. The maximum atomic E-state index is 12.6. The lowest BCUT2D eigenvalue weighted by molar-refractivity contribution is 0.0334. The summed E-state index contributed by atoms with van der Waals surface area (Å²) >= 11 is 27.1. The lowest BCUT2D eigenvalue weighted by atomic mass is 9.96. The zero-order valence-electron chi connectivity index (χ0n) is 36.8. The minimum Gasteiger partial charge on any atom is -0.478 e.